The van der Waals surface area contributed by atoms with Crippen LogP contribution in [0.1, 0.15) is 17.2 Å². The smallest absolute Gasteiger partial charge is 0.301 e. The molecule has 1 aliphatic heterocycles. The Hall–Kier alpha value is -4.33. The van der Waals surface area contributed by atoms with E-state index in [4.69, 9.17) is 14.2 Å². The van der Waals surface area contributed by atoms with Gasteiger partial charge in [0.15, 0.2) is 11.5 Å². The molecular formula is C25H22N2O6. The van der Waals surface area contributed by atoms with Crippen molar-refractivity contribution in [3.8, 4) is 17.2 Å². The first kappa shape index (κ1) is 21.9. The lowest BCUT2D eigenvalue weighted by molar-refractivity contribution is -0.132. The lowest BCUT2D eigenvalue weighted by atomic mass is 9.95. The molecule has 1 aliphatic rings. The minimum Gasteiger partial charge on any atom is -0.507 e. The number of methoxy groups -OCH3 is 3. The van der Waals surface area contributed by atoms with Crippen LogP contribution in [0.15, 0.2) is 72.4 Å². The van der Waals surface area contributed by atoms with E-state index in [0.717, 1.165) is 0 Å². The van der Waals surface area contributed by atoms with Crippen LogP contribution < -0.4 is 19.1 Å². The largest absolute Gasteiger partial charge is 0.507 e. The molecule has 1 aromatic heterocycles. The number of carbonyl (C=O) groups excluding carboxylic acids is 2. The number of hydrogen-bond donors (Lipinski definition) is 1. The fraction of sp³-hybridized carbons (Fsp3) is 0.160. The number of aromatic nitrogens is 1. The van der Waals surface area contributed by atoms with Gasteiger partial charge in [-0.3, -0.25) is 14.5 Å². The number of ether oxygens (including phenoxy) is 3. The maximum atomic E-state index is 13.2. The molecule has 0 radical (unpaired) electrons. The van der Waals surface area contributed by atoms with E-state index in [1.165, 1.54) is 32.4 Å². The standard InChI is InChI=1S/C25H22N2O6/c1-31-17-8-6-7-16(13-17)23(28)21-22(15-10-11-18(32-2)19(14-15)33-3)27(25(30)24(21)29)20-9-4-5-12-26-20/h4-14,22,28H,1-3H3. The predicted molar refractivity (Wildman–Crippen MR) is 122 cm³/mol. The zero-order valence-electron chi connectivity index (χ0n) is 18.3. The summed E-state index contributed by atoms with van der Waals surface area (Å²) in [6, 6.07) is 15.8. The van der Waals surface area contributed by atoms with Gasteiger partial charge in [-0.05, 0) is 42.0 Å². The number of hydrogen-bond acceptors (Lipinski definition) is 7. The topological polar surface area (TPSA) is 98.2 Å². The number of ketones is 1. The molecule has 3 aromatic rings. The normalized spacial score (nSPS) is 17.2. The number of Topliss-reactive ketones (excluding diaryl/α,β-unsaturated/α-hetero) is 1. The predicted octanol–water partition coefficient (Wildman–Crippen LogP) is 3.73. The third-order valence-corrected chi connectivity index (χ3v) is 5.41. The van der Waals surface area contributed by atoms with Crippen molar-refractivity contribution in [3.05, 3.63) is 83.6 Å². The molecule has 1 atom stereocenters. The molecule has 1 fully saturated rings. The summed E-state index contributed by atoms with van der Waals surface area (Å²) in [5.74, 6) is -0.235. The van der Waals surface area contributed by atoms with Gasteiger partial charge in [0.2, 0.25) is 0 Å². The minimum absolute atomic E-state index is 0.0638. The lowest BCUT2D eigenvalue weighted by Gasteiger charge is -2.25. The number of nitrogens with zero attached hydrogens (tertiary/aromatic N) is 2. The average molecular weight is 446 g/mol. The Kier molecular flexibility index (Phi) is 5.99. The molecule has 8 nitrogen and oxygen atoms in total. The van der Waals surface area contributed by atoms with E-state index < -0.39 is 17.7 Å². The second kappa shape index (κ2) is 9.04. The van der Waals surface area contributed by atoms with Crippen molar-refractivity contribution in [2.45, 2.75) is 6.04 Å². The highest BCUT2D eigenvalue weighted by Crippen LogP contribution is 2.43. The Morgan fingerprint density at radius 3 is 2.36 bits per heavy atom. The van der Waals surface area contributed by atoms with Crippen molar-refractivity contribution < 1.29 is 28.9 Å². The molecule has 2 aromatic carbocycles. The van der Waals surface area contributed by atoms with Crippen LogP contribution in [0.5, 0.6) is 17.2 Å². The van der Waals surface area contributed by atoms with Gasteiger partial charge in [-0.1, -0.05) is 24.3 Å². The van der Waals surface area contributed by atoms with Gasteiger partial charge in [-0.2, -0.15) is 0 Å². The summed E-state index contributed by atoms with van der Waals surface area (Å²) in [5, 5.41) is 11.2. The third-order valence-electron chi connectivity index (χ3n) is 5.41. The summed E-state index contributed by atoms with van der Waals surface area (Å²) in [6.45, 7) is 0. The Morgan fingerprint density at radius 1 is 0.909 bits per heavy atom. The zero-order valence-corrected chi connectivity index (χ0v) is 18.3. The van der Waals surface area contributed by atoms with E-state index in [2.05, 4.69) is 4.98 Å². The number of amides is 1. The van der Waals surface area contributed by atoms with Crippen LogP contribution in [0.2, 0.25) is 0 Å². The van der Waals surface area contributed by atoms with Gasteiger partial charge < -0.3 is 19.3 Å². The van der Waals surface area contributed by atoms with Crippen LogP contribution in [-0.4, -0.2) is 43.1 Å². The Labute approximate surface area is 190 Å². The number of carbonyl (C=O) groups is 2. The molecule has 0 spiro atoms. The van der Waals surface area contributed by atoms with Crippen LogP contribution in [-0.2, 0) is 9.59 Å². The molecule has 1 saturated heterocycles. The summed E-state index contributed by atoms with van der Waals surface area (Å²) in [6.07, 6.45) is 1.53. The highest BCUT2D eigenvalue weighted by molar-refractivity contribution is 6.51. The highest BCUT2D eigenvalue weighted by atomic mass is 16.5. The average Bonchev–Trinajstić information content (AvgIpc) is 3.13. The number of benzene rings is 2. The number of aliphatic hydroxyl groups excluding tert-OH is 1. The van der Waals surface area contributed by atoms with Crippen LogP contribution in [0.4, 0.5) is 5.82 Å². The number of anilines is 1. The fourth-order valence-electron chi connectivity index (χ4n) is 3.83. The van der Waals surface area contributed by atoms with Crippen molar-refractivity contribution in [2.75, 3.05) is 26.2 Å². The second-order valence-electron chi connectivity index (χ2n) is 7.20. The summed E-state index contributed by atoms with van der Waals surface area (Å²) < 4.78 is 16.0. The second-order valence-corrected chi connectivity index (χ2v) is 7.20. The third kappa shape index (κ3) is 3.87. The SMILES string of the molecule is COc1cccc(C(O)=C2C(=O)C(=O)N(c3ccccn3)C2c2ccc(OC)c(OC)c2)c1. The summed E-state index contributed by atoms with van der Waals surface area (Å²) in [7, 11) is 4.51. The van der Waals surface area contributed by atoms with Crippen molar-refractivity contribution in [1.29, 1.82) is 0 Å². The molecule has 1 unspecified atom stereocenters. The summed E-state index contributed by atoms with van der Waals surface area (Å²) in [4.78, 5) is 31.9. The van der Waals surface area contributed by atoms with Gasteiger partial charge in [-0.15, -0.1) is 0 Å². The Balaban J connectivity index is 1.96. The molecule has 33 heavy (non-hydrogen) atoms. The minimum atomic E-state index is -0.939. The molecule has 1 N–H and O–H groups in total. The van der Waals surface area contributed by atoms with Gasteiger partial charge >= 0.3 is 5.91 Å². The molecule has 0 bridgehead atoms. The summed E-state index contributed by atoms with van der Waals surface area (Å²) >= 11 is 0. The van der Waals surface area contributed by atoms with Crippen LogP contribution in [0, 0.1) is 0 Å². The Morgan fingerprint density at radius 2 is 1.70 bits per heavy atom. The maximum absolute atomic E-state index is 13.2. The van der Waals surface area contributed by atoms with E-state index in [1.807, 2.05) is 0 Å². The van der Waals surface area contributed by atoms with E-state index in [1.54, 1.807) is 60.7 Å². The van der Waals surface area contributed by atoms with E-state index >= 15 is 0 Å². The molecule has 0 aliphatic carbocycles. The van der Waals surface area contributed by atoms with Crippen LogP contribution in [0.3, 0.4) is 0 Å². The van der Waals surface area contributed by atoms with Gasteiger partial charge in [0.05, 0.1) is 32.9 Å². The number of rotatable bonds is 6. The first-order valence-electron chi connectivity index (χ1n) is 10.1. The van der Waals surface area contributed by atoms with Crippen molar-refractivity contribution >= 4 is 23.3 Å². The van der Waals surface area contributed by atoms with Gasteiger partial charge in [0.1, 0.15) is 17.3 Å². The van der Waals surface area contributed by atoms with Gasteiger partial charge in [-0.25, -0.2) is 4.98 Å². The van der Waals surface area contributed by atoms with Crippen molar-refractivity contribution in [2.24, 2.45) is 0 Å². The first-order valence-corrected chi connectivity index (χ1v) is 10.1. The Bertz CT molecular complexity index is 1240. The van der Waals surface area contributed by atoms with E-state index in [-0.39, 0.29) is 17.2 Å². The molecule has 8 heteroatoms. The van der Waals surface area contributed by atoms with Gasteiger partial charge in [0, 0.05) is 11.8 Å². The quantitative estimate of drug-likeness (QED) is 0.350. The van der Waals surface area contributed by atoms with E-state index in [0.29, 0.717) is 28.4 Å². The zero-order chi connectivity index (χ0) is 23.5. The first-order chi connectivity index (χ1) is 16.0. The highest BCUT2D eigenvalue weighted by Gasteiger charge is 2.47. The van der Waals surface area contributed by atoms with Crippen molar-refractivity contribution in [1.82, 2.24) is 4.98 Å². The molecule has 2 heterocycles. The van der Waals surface area contributed by atoms with Crippen LogP contribution >= 0.6 is 0 Å². The maximum Gasteiger partial charge on any atom is 0.301 e. The number of pyridine rings is 1. The van der Waals surface area contributed by atoms with Crippen molar-refractivity contribution in [3.63, 3.8) is 0 Å². The summed E-state index contributed by atoms with van der Waals surface area (Å²) in [5.41, 5.74) is 0.826. The lowest BCUT2D eigenvalue weighted by Crippen LogP contribution is -2.30. The molecule has 1 amide bonds. The molecule has 0 saturated carbocycles. The monoisotopic (exact) mass is 446 g/mol. The number of aliphatic hydroxyl groups is 1. The molecular weight excluding hydrogens is 424 g/mol. The van der Waals surface area contributed by atoms with Gasteiger partial charge in [0.25, 0.3) is 5.78 Å². The molecule has 4 rings (SSSR count). The fourth-order valence-corrected chi connectivity index (χ4v) is 3.83. The van der Waals surface area contributed by atoms with Crippen LogP contribution in [0.25, 0.3) is 5.76 Å². The van der Waals surface area contributed by atoms with E-state index in [9.17, 15) is 14.7 Å². The molecule has 168 valence electrons.